The van der Waals surface area contributed by atoms with Gasteiger partial charge in [0.2, 0.25) is 0 Å². The number of carbonyl (C=O) groups excluding carboxylic acids is 1. The number of aromatic nitrogens is 2. The number of hydrogen-bond acceptors (Lipinski definition) is 5. The smallest absolute Gasteiger partial charge is 0.343 e. The number of imidazole rings is 1. The average Bonchev–Trinajstić information content (AvgIpc) is 3.23. The number of rotatable bonds is 6. The third-order valence-electron chi connectivity index (χ3n) is 6.20. The molecule has 2 aromatic heterocycles. The van der Waals surface area contributed by atoms with Crippen LogP contribution in [0, 0.1) is 0 Å². The van der Waals surface area contributed by atoms with Crippen LogP contribution in [0.4, 0.5) is 5.82 Å². The molecule has 6 nitrogen and oxygen atoms in total. The molecule has 0 saturated heterocycles. The zero-order valence-corrected chi connectivity index (χ0v) is 20.5. The van der Waals surface area contributed by atoms with Gasteiger partial charge in [-0.2, -0.15) is 0 Å². The number of methoxy groups -OCH3 is 1. The standard InChI is InChI=1S/C27H26BrN3O3/c1-33-23-17-19(12-15-22(23)34-27(32)18-10-13-20(28)14-11-18)25-26(29-21-7-3-2-4-8-21)31-16-6-5-9-24(31)30-25/h5-6,9-17,21,29H,2-4,7-8H2,1H3. The first-order valence-corrected chi connectivity index (χ1v) is 12.3. The van der Waals surface area contributed by atoms with E-state index in [0.717, 1.165) is 40.0 Å². The van der Waals surface area contributed by atoms with E-state index in [1.54, 1.807) is 37.4 Å². The predicted octanol–water partition coefficient (Wildman–Crippen LogP) is 6.74. The van der Waals surface area contributed by atoms with Crippen molar-refractivity contribution in [2.45, 2.75) is 38.1 Å². The van der Waals surface area contributed by atoms with Crippen LogP contribution in [0.5, 0.6) is 11.5 Å². The molecule has 1 saturated carbocycles. The van der Waals surface area contributed by atoms with Crippen molar-refractivity contribution in [1.29, 1.82) is 0 Å². The molecule has 2 heterocycles. The van der Waals surface area contributed by atoms with Gasteiger partial charge in [-0.15, -0.1) is 0 Å². The number of fused-ring (bicyclic) bond motifs is 1. The minimum absolute atomic E-state index is 0.365. The van der Waals surface area contributed by atoms with E-state index >= 15 is 0 Å². The van der Waals surface area contributed by atoms with Crippen molar-refractivity contribution in [1.82, 2.24) is 9.38 Å². The molecule has 34 heavy (non-hydrogen) atoms. The Morgan fingerprint density at radius 2 is 1.82 bits per heavy atom. The van der Waals surface area contributed by atoms with Crippen molar-refractivity contribution in [3.05, 3.63) is 76.9 Å². The number of halogens is 1. The molecule has 0 radical (unpaired) electrons. The number of nitrogens with one attached hydrogen (secondary N) is 1. The van der Waals surface area contributed by atoms with Crippen molar-refractivity contribution in [2.75, 3.05) is 12.4 Å². The molecule has 4 aromatic rings. The van der Waals surface area contributed by atoms with E-state index in [1.807, 2.05) is 36.5 Å². The Kier molecular flexibility index (Phi) is 6.54. The molecule has 0 spiro atoms. The highest BCUT2D eigenvalue weighted by Crippen LogP contribution is 2.37. The van der Waals surface area contributed by atoms with Crippen molar-refractivity contribution < 1.29 is 14.3 Å². The van der Waals surface area contributed by atoms with Gasteiger partial charge >= 0.3 is 5.97 Å². The normalized spacial score (nSPS) is 14.2. The van der Waals surface area contributed by atoms with E-state index in [0.29, 0.717) is 23.1 Å². The Hall–Kier alpha value is -3.32. The van der Waals surface area contributed by atoms with Crippen molar-refractivity contribution in [3.8, 4) is 22.8 Å². The average molecular weight is 520 g/mol. The summed E-state index contributed by atoms with van der Waals surface area (Å²) in [4.78, 5) is 17.5. The fourth-order valence-electron chi connectivity index (χ4n) is 4.42. The number of nitrogens with zero attached hydrogens (tertiary/aromatic N) is 2. The fourth-order valence-corrected chi connectivity index (χ4v) is 4.68. The third kappa shape index (κ3) is 4.66. The van der Waals surface area contributed by atoms with Crippen LogP contribution in [-0.2, 0) is 0 Å². The number of hydrogen-bond donors (Lipinski definition) is 1. The van der Waals surface area contributed by atoms with Crippen molar-refractivity contribution in [3.63, 3.8) is 0 Å². The van der Waals surface area contributed by atoms with Gasteiger partial charge in [0, 0.05) is 22.3 Å². The number of pyridine rings is 1. The summed E-state index contributed by atoms with van der Waals surface area (Å²) in [6.07, 6.45) is 8.14. The van der Waals surface area contributed by atoms with Gasteiger partial charge in [0.05, 0.1) is 12.7 Å². The molecule has 0 amide bonds. The molecule has 1 aliphatic carbocycles. The monoisotopic (exact) mass is 519 g/mol. The number of carbonyl (C=O) groups is 1. The van der Waals surface area contributed by atoms with E-state index in [-0.39, 0.29) is 0 Å². The summed E-state index contributed by atoms with van der Waals surface area (Å²) in [7, 11) is 1.57. The summed E-state index contributed by atoms with van der Waals surface area (Å²) in [5.41, 5.74) is 3.08. The molecule has 5 rings (SSSR count). The Labute approximate surface area is 207 Å². The van der Waals surface area contributed by atoms with Crippen molar-refractivity contribution >= 4 is 33.4 Å². The molecule has 0 bridgehead atoms. The van der Waals surface area contributed by atoms with Gasteiger partial charge in [-0.25, -0.2) is 9.78 Å². The molecule has 1 fully saturated rings. The number of benzene rings is 2. The van der Waals surface area contributed by atoms with Crippen LogP contribution < -0.4 is 14.8 Å². The number of ether oxygens (including phenoxy) is 2. The predicted molar refractivity (Wildman–Crippen MR) is 137 cm³/mol. The van der Waals surface area contributed by atoms with Crippen LogP contribution in [0.15, 0.2) is 71.3 Å². The van der Waals surface area contributed by atoms with Gasteiger partial charge < -0.3 is 14.8 Å². The van der Waals surface area contributed by atoms with Crippen LogP contribution in [0.3, 0.4) is 0 Å². The summed E-state index contributed by atoms with van der Waals surface area (Å²) in [5, 5.41) is 3.75. The molecule has 0 atom stereocenters. The molecule has 7 heteroatoms. The maximum Gasteiger partial charge on any atom is 0.343 e. The Bertz CT molecular complexity index is 1310. The van der Waals surface area contributed by atoms with Crippen LogP contribution in [0.25, 0.3) is 16.9 Å². The molecule has 2 aromatic carbocycles. The summed E-state index contributed by atoms with van der Waals surface area (Å²) in [6.45, 7) is 0. The summed E-state index contributed by atoms with van der Waals surface area (Å²) >= 11 is 3.38. The molecular weight excluding hydrogens is 494 g/mol. The Morgan fingerprint density at radius 1 is 1.03 bits per heavy atom. The lowest BCUT2D eigenvalue weighted by Gasteiger charge is -2.24. The fraction of sp³-hybridized carbons (Fsp3) is 0.259. The van der Waals surface area contributed by atoms with Gasteiger partial charge in [-0.1, -0.05) is 41.3 Å². The molecule has 0 unspecified atom stereocenters. The van der Waals surface area contributed by atoms with E-state index in [9.17, 15) is 4.79 Å². The maximum atomic E-state index is 12.6. The highest BCUT2D eigenvalue weighted by atomic mass is 79.9. The number of anilines is 1. The lowest BCUT2D eigenvalue weighted by atomic mass is 9.95. The zero-order valence-electron chi connectivity index (χ0n) is 19.0. The molecular formula is C27H26BrN3O3. The SMILES string of the molecule is COc1cc(-c2nc3ccccn3c2NC2CCCCC2)ccc1OC(=O)c1ccc(Br)cc1. The van der Waals surface area contributed by atoms with Gasteiger partial charge in [0.1, 0.15) is 17.2 Å². The summed E-state index contributed by atoms with van der Waals surface area (Å²) in [5.74, 6) is 1.38. The van der Waals surface area contributed by atoms with Crippen LogP contribution in [0.1, 0.15) is 42.5 Å². The molecule has 174 valence electrons. The topological polar surface area (TPSA) is 64.9 Å². The lowest BCUT2D eigenvalue weighted by molar-refractivity contribution is 0.0729. The first-order valence-electron chi connectivity index (χ1n) is 11.5. The molecule has 1 aliphatic rings. The van der Waals surface area contributed by atoms with Gasteiger partial charge in [-0.05, 0) is 67.4 Å². The van der Waals surface area contributed by atoms with Crippen LogP contribution in [-0.4, -0.2) is 28.5 Å². The molecule has 1 N–H and O–H groups in total. The summed E-state index contributed by atoms with van der Waals surface area (Å²) < 4.78 is 14.2. The minimum atomic E-state index is -0.439. The zero-order chi connectivity index (χ0) is 23.5. The summed E-state index contributed by atoms with van der Waals surface area (Å²) in [6, 6.07) is 19.0. The second-order valence-corrected chi connectivity index (χ2v) is 9.39. The Morgan fingerprint density at radius 3 is 2.59 bits per heavy atom. The van der Waals surface area contributed by atoms with E-state index in [4.69, 9.17) is 14.5 Å². The van der Waals surface area contributed by atoms with Crippen LogP contribution >= 0.6 is 15.9 Å². The van der Waals surface area contributed by atoms with Gasteiger partial charge in [-0.3, -0.25) is 4.40 Å². The minimum Gasteiger partial charge on any atom is -0.493 e. The van der Waals surface area contributed by atoms with E-state index in [1.165, 1.54) is 19.3 Å². The Balaban J connectivity index is 1.47. The number of esters is 1. The first kappa shape index (κ1) is 22.5. The quantitative estimate of drug-likeness (QED) is 0.226. The van der Waals surface area contributed by atoms with Crippen molar-refractivity contribution in [2.24, 2.45) is 0 Å². The van der Waals surface area contributed by atoms with Gasteiger partial charge in [0.25, 0.3) is 0 Å². The maximum absolute atomic E-state index is 12.6. The van der Waals surface area contributed by atoms with Gasteiger partial charge in [0.15, 0.2) is 11.5 Å². The second-order valence-electron chi connectivity index (χ2n) is 8.48. The van der Waals surface area contributed by atoms with E-state index in [2.05, 4.69) is 25.6 Å². The van der Waals surface area contributed by atoms with E-state index < -0.39 is 5.97 Å². The lowest BCUT2D eigenvalue weighted by Crippen LogP contribution is -2.23. The highest BCUT2D eigenvalue weighted by Gasteiger charge is 2.21. The largest absolute Gasteiger partial charge is 0.493 e. The van der Waals surface area contributed by atoms with Crippen LogP contribution in [0.2, 0.25) is 0 Å². The first-order chi connectivity index (χ1) is 16.6. The second kappa shape index (κ2) is 9.89. The molecule has 0 aliphatic heterocycles. The third-order valence-corrected chi connectivity index (χ3v) is 6.72. The highest BCUT2D eigenvalue weighted by molar-refractivity contribution is 9.10.